The standard InChI is InChI=1S/C10H19N5/c11-7-4-8-15-13-10(12-14-15)9-5-2-1-3-6-9/h9H,1-8,11H2. The Kier molecular flexibility index (Phi) is 3.66. The molecule has 2 N–H and O–H groups in total. The largest absolute Gasteiger partial charge is 0.330 e. The van der Waals surface area contributed by atoms with Crippen molar-refractivity contribution in [3.8, 4) is 0 Å². The fourth-order valence-corrected chi connectivity index (χ4v) is 2.11. The molecule has 15 heavy (non-hydrogen) atoms. The summed E-state index contributed by atoms with van der Waals surface area (Å²) in [5.74, 6) is 1.48. The van der Waals surface area contributed by atoms with E-state index in [-0.39, 0.29) is 0 Å². The number of tetrazole rings is 1. The molecule has 1 heterocycles. The van der Waals surface area contributed by atoms with Crippen LogP contribution in [0, 0.1) is 0 Å². The summed E-state index contributed by atoms with van der Waals surface area (Å²) in [6.07, 6.45) is 7.34. The molecule has 1 aliphatic rings. The normalized spacial score (nSPS) is 18.2. The topological polar surface area (TPSA) is 69.6 Å². The summed E-state index contributed by atoms with van der Waals surface area (Å²) >= 11 is 0. The van der Waals surface area contributed by atoms with E-state index in [4.69, 9.17) is 5.73 Å². The molecule has 5 nitrogen and oxygen atoms in total. The fourth-order valence-electron chi connectivity index (χ4n) is 2.11. The van der Waals surface area contributed by atoms with Gasteiger partial charge in [0.1, 0.15) is 0 Å². The van der Waals surface area contributed by atoms with Crippen LogP contribution < -0.4 is 5.73 Å². The number of nitrogens with two attached hydrogens (primary N) is 1. The van der Waals surface area contributed by atoms with Crippen molar-refractivity contribution in [2.75, 3.05) is 6.54 Å². The lowest BCUT2D eigenvalue weighted by atomic mass is 9.89. The zero-order valence-electron chi connectivity index (χ0n) is 9.10. The summed E-state index contributed by atoms with van der Waals surface area (Å²) in [7, 11) is 0. The van der Waals surface area contributed by atoms with E-state index in [2.05, 4.69) is 15.4 Å². The highest BCUT2D eigenvalue weighted by molar-refractivity contribution is 4.92. The van der Waals surface area contributed by atoms with Crippen molar-refractivity contribution in [1.29, 1.82) is 0 Å². The molecule has 5 heteroatoms. The van der Waals surface area contributed by atoms with Gasteiger partial charge in [-0.05, 0) is 31.0 Å². The molecule has 0 bridgehead atoms. The summed E-state index contributed by atoms with van der Waals surface area (Å²) in [5.41, 5.74) is 5.44. The second kappa shape index (κ2) is 5.21. The molecule has 1 aromatic rings. The van der Waals surface area contributed by atoms with Gasteiger partial charge in [0, 0.05) is 5.92 Å². The molecule has 1 fully saturated rings. The molecule has 0 spiro atoms. The highest BCUT2D eigenvalue weighted by atomic mass is 15.6. The van der Waals surface area contributed by atoms with E-state index in [0.717, 1.165) is 18.8 Å². The average molecular weight is 209 g/mol. The van der Waals surface area contributed by atoms with E-state index < -0.39 is 0 Å². The van der Waals surface area contributed by atoms with Crippen LogP contribution in [-0.2, 0) is 6.54 Å². The van der Waals surface area contributed by atoms with Crippen LogP contribution in [-0.4, -0.2) is 26.8 Å². The Hall–Kier alpha value is -0.970. The van der Waals surface area contributed by atoms with Gasteiger partial charge in [0.05, 0.1) is 6.54 Å². The second-order valence-electron chi connectivity index (χ2n) is 4.22. The fraction of sp³-hybridized carbons (Fsp3) is 0.900. The molecule has 0 aromatic carbocycles. The first-order chi connectivity index (χ1) is 7.40. The molecule has 0 unspecified atom stereocenters. The van der Waals surface area contributed by atoms with Crippen LogP contribution in [0.3, 0.4) is 0 Å². The zero-order valence-corrected chi connectivity index (χ0v) is 9.10. The lowest BCUT2D eigenvalue weighted by Gasteiger charge is -2.17. The lowest BCUT2D eigenvalue weighted by molar-refractivity contribution is 0.425. The Morgan fingerprint density at radius 2 is 2.07 bits per heavy atom. The molecule has 1 aliphatic carbocycles. The molecule has 1 saturated carbocycles. The van der Waals surface area contributed by atoms with E-state index in [0.29, 0.717) is 12.5 Å². The van der Waals surface area contributed by atoms with Crippen molar-refractivity contribution in [2.24, 2.45) is 5.73 Å². The third-order valence-electron chi connectivity index (χ3n) is 3.00. The molecule has 0 atom stereocenters. The van der Waals surface area contributed by atoms with Crippen LogP contribution >= 0.6 is 0 Å². The van der Waals surface area contributed by atoms with Crippen LogP contribution in [0.25, 0.3) is 0 Å². The third kappa shape index (κ3) is 2.75. The molecule has 2 rings (SSSR count). The molecule has 0 aliphatic heterocycles. The Labute approximate surface area is 90.0 Å². The predicted octanol–water partition coefficient (Wildman–Crippen LogP) is 1.07. The summed E-state index contributed by atoms with van der Waals surface area (Å²) in [6, 6.07) is 0. The van der Waals surface area contributed by atoms with Gasteiger partial charge in [-0.25, -0.2) is 0 Å². The van der Waals surface area contributed by atoms with Crippen molar-refractivity contribution in [3.05, 3.63) is 5.82 Å². The first-order valence-corrected chi connectivity index (χ1v) is 5.88. The Bertz CT molecular complexity index is 290. The second-order valence-corrected chi connectivity index (χ2v) is 4.22. The van der Waals surface area contributed by atoms with Gasteiger partial charge in [-0.2, -0.15) is 4.80 Å². The minimum absolute atomic E-state index is 0.547. The van der Waals surface area contributed by atoms with E-state index in [1.165, 1.54) is 32.1 Å². The first-order valence-electron chi connectivity index (χ1n) is 5.88. The van der Waals surface area contributed by atoms with Crippen LogP contribution in [0.5, 0.6) is 0 Å². The van der Waals surface area contributed by atoms with Crippen molar-refractivity contribution >= 4 is 0 Å². The van der Waals surface area contributed by atoms with Crippen LogP contribution in [0.1, 0.15) is 50.3 Å². The molecule has 1 aromatic heterocycles. The van der Waals surface area contributed by atoms with E-state index in [1.54, 1.807) is 4.80 Å². The van der Waals surface area contributed by atoms with Crippen LogP contribution in [0.4, 0.5) is 0 Å². The number of hydrogen-bond donors (Lipinski definition) is 1. The summed E-state index contributed by atoms with van der Waals surface area (Å²) in [6.45, 7) is 1.47. The Balaban J connectivity index is 1.93. The highest BCUT2D eigenvalue weighted by Crippen LogP contribution is 2.29. The van der Waals surface area contributed by atoms with Crippen molar-refractivity contribution < 1.29 is 0 Å². The summed E-state index contributed by atoms with van der Waals surface area (Å²) in [4.78, 5) is 1.68. The van der Waals surface area contributed by atoms with Gasteiger partial charge in [-0.1, -0.05) is 19.3 Å². The van der Waals surface area contributed by atoms with E-state index in [1.807, 2.05) is 0 Å². The number of aromatic nitrogens is 4. The average Bonchev–Trinajstić information content (AvgIpc) is 2.76. The molecule has 0 radical (unpaired) electrons. The van der Waals surface area contributed by atoms with Gasteiger partial charge in [-0.3, -0.25) is 0 Å². The maximum Gasteiger partial charge on any atom is 0.177 e. The zero-order chi connectivity index (χ0) is 10.5. The molecule has 0 saturated heterocycles. The van der Waals surface area contributed by atoms with Gasteiger partial charge in [-0.15, -0.1) is 10.2 Å². The van der Waals surface area contributed by atoms with Gasteiger partial charge >= 0.3 is 0 Å². The minimum atomic E-state index is 0.547. The molecule has 84 valence electrons. The molecule has 0 amide bonds. The SMILES string of the molecule is NCCCn1nnc(C2CCCCC2)n1. The Morgan fingerprint density at radius 3 is 2.80 bits per heavy atom. The maximum absolute atomic E-state index is 5.44. The maximum atomic E-state index is 5.44. The van der Waals surface area contributed by atoms with Crippen LogP contribution in [0.2, 0.25) is 0 Å². The van der Waals surface area contributed by atoms with Gasteiger partial charge < -0.3 is 5.73 Å². The lowest BCUT2D eigenvalue weighted by Crippen LogP contribution is -2.10. The number of hydrogen-bond acceptors (Lipinski definition) is 4. The number of nitrogens with zero attached hydrogens (tertiary/aromatic N) is 4. The Morgan fingerprint density at radius 1 is 1.27 bits per heavy atom. The summed E-state index contributed by atoms with van der Waals surface area (Å²) < 4.78 is 0. The van der Waals surface area contributed by atoms with E-state index >= 15 is 0 Å². The van der Waals surface area contributed by atoms with Crippen LogP contribution in [0.15, 0.2) is 0 Å². The van der Waals surface area contributed by atoms with Gasteiger partial charge in [0.25, 0.3) is 0 Å². The highest BCUT2D eigenvalue weighted by Gasteiger charge is 2.19. The van der Waals surface area contributed by atoms with Crippen molar-refractivity contribution in [1.82, 2.24) is 20.2 Å². The quantitative estimate of drug-likeness (QED) is 0.805. The first kappa shape index (κ1) is 10.5. The minimum Gasteiger partial charge on any atom is -0.330 e. The predicted molar refractivity (Wildman–Crippen MR) is 57.3 cm³/mol. The van der Waals surface area contributed by atoms with Gasteiger partial charge in [0.15, 0.2) is 5.82 Å². The monoisotopic (exact) mass is 209 g/mol. The molecular weight excluding hydrogens is 190 g/mol. The molecular formula is C10H19N5. The van der Waals surface area contributed by atoms with Crippen molar-refractivity contribution in [2.45, 2.75) is 51.0 Å². The summed E-state index contributed by atoms with van der Waals surface area (Å²) in [5, 5.41) is 12.6. The number of rotatable bonds is 4. The number of aryl methyl sites for hydroxylation is 1. The van der Waals surface area contributed by atoms with E-state index in [9.17, 15) is 0 Å². The van der Waals surface area contributed by atoms with Gasteiger partial charge in [0.2, 0.25) is 0 Å². The smallest absolute Gasteiger partial charge is 0.177 e. The third-order valence-corrected chi connectivity index (χ3v) is 3.00. The van der Waals surface area contributed by atoms with Crippen molar-refractivity contribution in [3.63, 3.8) is 0 Å².